The Bertz CT molecular complexity index is 467. The molecule has 124 valence electrons. The molecule has 1 saturated heterocycles. The van der Waals surface area contributed by atoms with Gasteiger partial charge in [-0.15, -0.1) is 0 Å². The molecule has 22 heavy (non-hydrogen) atoms. The van der Waals surface area contributed by atoms with E-state index < -0.39 is 16.1 Å². The molecular weight excluding hydrogens is 296 g/mol. The minimum Gasteiger partial charge on any atom is -0.598 e. The van der Waals surface area contributed by atoms with Crippen molar-refractivity contribution in [3.05, 3.63) is 35.9 Å². The van der Waals surface area contributed by atoms with E-state index in [1.807, 2.05) is 19.9 Å². The zero-order valence-electron chi connectivity index (χ0n) is 13.9. The van der Waals surface area contributed by atoms with Gasteiger partial charge in [0.05, 0.1) is 13.2 Å². The first-order chi connectivity index (χ1) is 10.3. The summed E-state index contributed by atoms with van der Waals surface area (Å²) in [7, 11) is 0. The van der Waals surface area contributed by atoms with Gasteiger partial charge in [0.2, 0.25) is 0 Å². The Hall–Kier alpha value is -0.590. The van der Waals surface area contributed by atoms with Crippen LogP contribution < -0.4 is 5.14 Å². The third-order valence-corrected chi connectivity index (χ3v) is 5.49. The minimum absolute atomic E-state index is 0.0379. The van der Waals surface area contributed by atoms with Gasteiger partial charge in [0.15, 0.2) is 0 Å². The smallest absolute Gasteiger partial charge is 0.140 e. The number of ether oxygens (including phenoxy) is 1. The van der Waals surface area contributed by atoms with Crippen molar-refractivity contribution in [2.45, 2.75) is 38.5 Å². The van der Waals surface area contributed by atoms with Crippen molar-refractivity contribution >= 4 is 11.4 Å². The molecule has 1 fully saturated rings. The van der Waals surface area contributed by atoms with Crippen LogP contribution in [0.2, 0.25) is 0 Å². The second-order valence-corrected chi connectivity index (χ2v) is 8.99. The normalized spacial score (nSPS) is 25.7. The van der Waals surface area contributed by atoms with Crippen LogP contribution in [0.5, 0.6) is 0 Å². The number of benzene rings is 1. The van der Waals surface area contributed by atoms with Gasteiger partial charge in [-0.25, -0.2) is 0 Å². The Morgan fingerprint density at radius 3 is 2.68 bits per heavy atom. The topological polar surface area (TPSA) is 61.6 Å². The lowest BCUT2D eigenvalue weighted by Gasteiger charge is -2.37. The molecule has 2 N–H and O–H groups in total. The number of rotatable bonds is 5. The third-order valence-electron chi connectivity index (χ3n) is 4.25. The summed E-state index contributed by atoms with van der Waals surface area (Å²) in [5.74, 6) is 0. The molecule has 0 bridgehead atoms. The molecule has 1 aliphatic rings. The zero-order valence-corrected chi connectivity index (χ0v) is 14.7. The van der Waals surface area contributed by atoms with E-state index >= 15 is 0 Å². The first kappa shape index (κ1) is 17.8. The number of nitrogens with zero attached hydrogens (tertiary/aromatic N) is 1. The standard InChI is InChI=1S/C17H28N2O2S/c1-16(2,22(18)20)12-17(3)13-19(9-10-21-14-17)11-15-7-5-4-6-8-15/h4-8H,9-14,18H2,1-3H3. The molecule has 2 rings (SSSR count). The van der Waals surface area contributed by atoms with Gasteiger partial charge in [0.25, 0.3) is 0 Å². The Balaban J connectivity index is 2.05. The maximum Gasteiger partial charge on any atom is 0.140 e. The van der Waals surface area contributed by atoms with Crippen molar-refractivity contribution in [3.63, 3.8) is 0 Å². The molecule has 2 unspecified atom stereocenters. The highest BCUT2D eigenvalue weighted by Crippen LogP contribution is 2.34. The van der Waals surface area contributed by atoms with Gasteiger partial charge in [-0.1, -0.05) is 37.3 Å². The highest BCUT2D eigenvalue weighted by atomic mass is 32.2. The fraction of sp³-hybridized carbons (Fsp3) is 0.647. The van der Waals surface area contributed by atoms with E-state index in [1.165, 1.54) is 5.56 Å². The Morgan fingerprint density at radius 1 is 1.36 bits per heavy atom. The fourth-order valence-electron chi connectivity index (χ4n) is 3.36. The van der Waals surface area contributed by atoms with Crippen molar-refractivity contribution in [2.24, 2.45) is 10.6 Å². The van der Waals surface area contributed by atoms with E-state index in [1.54, 1.807) is 0 Å². The summed E-state index contributed by atoms with van der Waals surface area (Å²) < 4.78 is 17.2. The molecule has 1 aromatic carbocycles. The first-order valence-corrected chi connectivity index (χ1v) is 9.02. The van der Waals surface area contributed by atoms with Crippen LogP contribution >= 0.6 is 0 Å². The summed E-state index contributed by atoms with van der Waals surface area (Å²) in [4.78, 5) is 2.43. The highest BCUT2D eigenvalue weighted by molar-refractivity contribution is 7.90. The summed E-state index contributed by atoms with van der Waals surface area (Å²) in [6, 6.07) is 10.5. The van der Waals surface area contributed by atoms with Crippen molar-refractivity contribution in [1.82, 2.24) is 4.90 Å². The van der Waals surface area contributed by atoms with E-state index in [4.69, 9.17) is 9.88 Å². The summed E-state index contributed by atoms with van der Waals surface area (Å²) >= 11 is -1.33. The second-order valence-electron chi connectivity index (χ2n) is 7.29. The van der Waals surface area contributed by atoms with Gasteiger partial charge >= 0.3 is 0 Å². The van der Waals surface area contributed by atoms with Gasteiger partial charge in [0, 0.05) is 42.8 Å². The summed E-state index contributed by atoms with van der Waals surface area (Å²) in [6.07, 6.45) is 0.786. The molecule has 0 spiro atoms. The quantitative estimate of drug-likeness (QED) is 0.844. The van der Waals surface area contributed by atoms with E-state index in [9.17, 15) is 4.55 Å². The molecule has 0 aliphatic carbocycles. The highest BCUT2D eigenvalue weighted by Gasteiger charge is 2.41. The van der Waals surface area contributed by atoms with Gasteiger partial charge in [-0.3, -0.25) is 4.90 Å². The number of hydrogen-bond acceptors (Lipinski definition) is 4. The van der Waals surface area contributed by atoms with Gasteiger partial charge < -0.3 is 9.29 Å². The molecule has 5 heteroatoms. The van der Waals surface area contributed by atoms with Crippen LogP contribution in [0.25, 0.3) is 0 Å². The predicted octanol–water partition coefficient (Wildman–Crippen LogP) is 2.32. The van der Waals surface area contributed by atoms with Crippen molar-refractivity contribution in [2.75, 3.05) is 26.3 Å². The second kappa shape index (κ2) is 7.32. The Labute approximate surface area is 137 Å². The Kier molecular flexibility index (Phi) is 5.91. The molecule has 2 atom stereocenters. The molecule has 0 amide bonds. The van der Waals surface area contributed by atoms with Gasteiger partial charge in [-0.05, 0) is 19.4 Å². The van der Waals surface area contributed by atoms with Crippen LogP contribution in [0.1, 0.15) is 32.8 Å². The molecule has 0 radical (unpaired) electrons. The van der Waals surface area contributed by atoms with E-state index in [2.05, 4.69) is 36.1 Å². The summed E-state index contributed by atoms with van der Waals surface area (Å²) in [5.41, 5.74) is 1.28. The van der Waals surface area contributed by atoms with E-state index in [0.717, 1.165) is 32.7 Å². The maximum atomic E-state index is 11.8. The average Bonchev–Trinajstić information content (AvgIpc) is 2.60. The minimum atomic E-state index is -1.33. The van der Waals surface area contributed by atoms with E-state index in [0.29, 0.717) is 6.61 Å². The summed E-state index contributed by atoms with van der Waals surface area (Å²) in [5, 5.41) is 5.66. The predicted molar refractivity (Wildman–Crippen MR) is 91.7 cm³/mol. The first-order valence-electron chi connectivity index (χ1n) is 7.81. The average molecular weight is 324 g/mol. The summed E-state index contributed by atoms with van der Waals surface area (Å²) in [6.45, 7) is 10.4. The molecular formula is C17H28N2O2S. The lowest BCUT2D eigenvalue weighted by molar-refractivity contribution is 0.0667. The molecule has 1 heterocycles. The van der Waals surface area contributed by atoms with Gasteiger partial charge in [0.1, 0.15) is 4.75 Å². The molecule has 4 nitrogen and oxygen atoms in total. The monoisotopic (exact) mass is 324 g/mol. The third kappa shape index (κ3) is 4.96. The van der Waals surface area contributed by atoms with Crippen LogP contribution in [-0.2, 0) is 22.6 Å². The van der Waals surface area contributed by atoms with Crippen LogP contribution in [0.4, 0.5) is 0 Å². The van der Waals surface area contributed by atoms with Crippen LogP contribution in [-0.4, -0.2) is 40.5 Å². The molecule has 0 saturated carbocycles. The maximum absolute atomic E-state index is 11.8. The Morgan fingerprint density at radius 2 is 2.05 bits per heavy atom. The number of nitrogens with two attached hydrogens (primary N) is 1. The van der Waals surface area contributed by atoms with Crippen molar-refractivity contribution < 1.29 is 9.29 Å². The van der Waals surface area contributed by atoms with Crippen LogP contribution in [0.3, 0.4) is 0 Å². The van der Waals surface area contributed by atoms with Crippen LogP contribution in [0.15, 0.2) is 30.3 Å². The van der Waals surface area contributed by atoms with Crippen molar-refractivity contribution in [1.29, 1.82) is 0 Å². The fourth-order valence-corrected chi connectivity index (χ4v) is 3.85. The molecule has 0 aromatic heterocycles. The van der Waals surface area contributed by atoms with E-state index in [-0.39, 0.29) is 5.41 Å². The molecule has 1 aliphatic heterocycles. The van der Waals surface area contributed by atoms with Crippen LogP contribution in [0, 0.1) is 5.41 Å². The number of hydrogen-bond donors (Lipinski definition) is 1. The lowest BCUT2D eigenvalue weighted by Crippen LogP contribution is -2.46. The lowest BCUT2D eigenvalue weighted by atomic mass is 9.81. The molecule has 1 aromatic rings. The largest absolute Gasteiger partial charge is 0.598 e. The SMILES string of the molecule is CC1(CC(C)(C)[S+](N)[O-])COCCN(Cc2ccccc2)C1. The van der Waals surface area contributed by atoms with Gasteiger partial charge in [-0.2, -0.15) is 5.14 Å². The van der Waals surface area contributed by atoms with Crippen molar-refractivity contribution in [3.8, 4) is 0 Å². The zero-order chi connectivity index (χ0) is 16.2.